The number of hydrogen-bond acceptors (Lipinski definition) is 2. The standard InChI is InChI=1S/C18H19ClO2/c1-3-17(18(20)21-4-2)14-10-8-13(9-11-14)15-6-5-7-16(19)12-15/h5-12,17H,3-4H2,1-2H3. The SMILES string of the molecule is CCOC(=O)C(CC)c1ccc(-c2cccc(Cl)c2)cc1. The van der Waals surface area contributed by atoms with E-state index in [1.54, 1.807) is 0 Å². The monoisotopic (exact) mass is 302 g/mol. The smallest absolute Gasteiger partial charge is 0.313 e. The van der Waals surface area contributed by atoms with Gasteiger partial charge in [0.2, 0.25) is 0 Å². The van der Waals surface area contributed by atoms with Gasteiger partial charge in [-0.2, -0.15) is 0 Å². The van der Waals surface area contributed by atoms with E-state index in [9.17, 15) is 4.79 Å². The van der Waals surface area contributed by atoms with Crippen LogP contribution in [0.2, 0.25) is 5.02 Å². The van der Waals surface area contributed by atoms with Crippen LogP contribution in [0.15, 0.2) is 48.5 Å². The van der Waals surface area contributed by atoms with Crippen LogP contribution >= 0.6 is 11.6 Å². The van der Waals surface area contributed by atoms with Crippen molar-refractivity contribution in [3.63, 3.8) is 0 Å². The molecule has 0 bridgehead atoms. The van der Waals surface area contributed by atoms with Crippen LogP contribution in [0.5, 0.6) is 0 Å². The van der Waals surface area contributed by atoms with Gasteiger partial charge in [-0.1, -0.05) is 54.9 Å². The van der Waals surface area contributed by atoms with Crippen LogP contribution in [0.1, 0.15) is 31.7 Å². The number of benzene rings is 2. The van der Waals surface area contributed by atoms with Gasteiger partial charge in [0.05, 0.1) is 12.5 Å². The van der Waals surface area contributed by atoms with Crippen molar-refractivity contribution in [2.75, 3.05) is 6.61 Å². The Labute approximate surface area is 130 Å². The minimum absolute atomic E-state index is 0.157. The van der Waals surface area contributed by atoms with Gasteiger partial charge >= 0.3 is 5.97 Å². The predicted octanol–water partition coefficient (Wildman–Crippen LogP) is 5.06. The molecule has 0 amide bonds. The van der Waals surface area contributed by atoms with Gasteiger partial charge in [-0.15, -0.1) is 0 Å². The minimum Gasteiger partial charge on any atom is -0.466 e. The fourth-order valence-corrected chi connectivity index (χ4v) is 2.55. The van der Waals surface area contributed by atoms with Crippen molar-refractivity contribution < 1.29 is 9.53 Å². The molecule has 0 aliphatic carbocycles. The lowest BCUT2D eigenvalue weighted by atomic mass is 9.94. The molecule has 2 nitrogen and oxygen atoms in total. The zero-order chi connectivity index (χ0) is 15.2. The zero-order valence-corrected chi connectivity index (χ0v) is 13.1. The molecule has 0 aliphatic rings. The van der Waals surface area contributed by atoms with E-state index in [1.165, 1.54) is 0 Å². The second-order valence-corrected chi connectivity index (χ2v) is 5.28. The third kappa shape index (κ3) is 3.85. The molecular weight excluding hydrogens is 284 g/mol. The summed E-state index contributed by atoms with van der Waals surface area (Å²) in [5, 5.41) is 0.717. The third-order valence-corrected chi connectivity index (χ3v) is 3.69. The van der Waals surface area contributed by atoms with E-state index in [4.69, 9.17) is 16.3 Å². The average Bonchev–Trinajstić information content (AvgIpc) is 2.49. The maximum Gasteiger partial charge on any atom is 0.313 e. The third-order valence-electron chi connectivity index (χ3n) is 3.45. The maximum absolute atomic E-state index is 11.9. The highest BCUT2D eigenvalue weighted by molar-refractivity contribution is 6.30. The van der Waals surface area contributed by atoms with Crippen molar-refractivity contribution >= 4 is 17.6 Å². The molecule has 0 N–H and O–H groups in total. The highest BCUT2D eigenvalue weighted by Gasteiger charge is 2.19. The van der Waals surface area contributed by atoms with Crippen LogP contribution < -0.4 is 0 Å². The van der Waals surface area contributed by atoms with Crippen molar-refractivity contribution in [2.45, 2.75) is 26.2 Å². The molecule has 110 valence electrons. The Morgan fingerprint density at radius 2 is 1.81 bits per heavy atom. The first-order valence-corrected chi connectivity index (χ1v) is 7.56. The summed E-state index contributed by atoms with van der Waals surface area (Å²) in [4.78, 5) is 11.9. The molecule has 2 aromatic carbocycles. The van der Waals surface area contributed by atoms with E-state index in [2.05, 4.69) is 0 Å². The van der Waals surface area contributed by atoms with Crippen molar-refractivity contribution in [1.82, 2.24) is 0 Å². The Kier molecular flexibility index (Phi) is 5.40. The lowest BCUT2D eigenvalue weighted by Crippen LogP contribution is -2.15. The van der Waals surface area contributed by atoms with Gasteiger partial charge in [-0.3, -0.25) is 4.79 Å². The van der Waals surface area contributed by atoms with Crippen molar-refractivity contribution in [2.24, 2.45) is 0 Å². The van der Waals surface area contributed by atoms with Gasteiger partial charge in [-0.05, 0) is 42.2 Å². The molecule has 0 aromatic heterocycles. The van der Waals surface area contributed by atoms with E-state index in [0.29, 0.717) is 6.61 Å². The second kappa shape index (κ2) is 7.28. The number of halogens is 1. The molecule has 0 fully saturated rings. The summed E-state index contributed by atoms with van der Waals surface area (Å²) >= 11 is 6.01. The molecule has 2 rings (SSSR count). The Hall–Kier alpha value is -1.80. The number of esters is 1. The van der Waals surface area contributed by atoms with Crippen LogP contribution in [0.3, 0.4) is 0 Å². The van der Waals surface area contributed by atoms with Crippen LogP contribution in [0.25, 0.3) is 11.1 Å². The summed E-state index contributed by atoms with van der Waals surface area (Å²) in [6.07, 6.45) is 0.731. The Balaban J connectivity index is 2.23. The average molecular weight is 303 g/mol. The summed E-state index contributed by atoms with van der Waals surface area (Å²) in [5.74, 6) is -0.353. The van der Waals surface area contributed by atoms with Crippen LogP contribution in [-0.4, -0.2) is 12.6 Å². The molecule has 1 unspecified atom stereocenters. The summed E-state index contributed by atoms with van der Waals surface area (Å²) in [7, 11) is 0. The first-order chi connectivity index (χ1) is 10.2. The molecule has 0 saturated carbocycles. The Morgan fingerprint density at radius 1 is 1.10 bits per heavy atom. The summed E-state index contributed by atoms with van der Waals surface area (Å²) in [6, 6.07) is 15.7. The quantitative estimate of drug-likeness (QED) is 0.721. The van der Waals surface area contributed by atoms with Crippen LogP contribution in [0.4, 0.5) is 0 Å². The highest BCUT2D eigenvalue weighted by Crippen LogP contribution is 2.26. The molecular formula is C18H19ClO2. The van der Waals surface area contributed by atoms with E-state index < -0.39 is 0 Å². The molecule has 2 aromatic rings. The summed E-state index contributed by atoms with van der Waals surface area (Å²) < 4.78 is 5.12. The highest BCUT2D eigenvalue weighted by atomic mass is 35.5. The molecule has 0 aliphatic heterocycles. The second-order valence-electron chi connectivity index (χ2n) is 4.85. The molecule has 0 saturated heterocycles. The Morgan fingerprint density at radius 3 is 2.38 bits per heavy atom. The van der Waals surface area contributed by atoms with Crippen molar-refractivity contribution in [3.05, 3.63) is 59.1 Å². The normalized spacial score (nSPS) is 12.0. The van der Waals surface area contributed by atoms with Gasteiger partial charge in [0.1, 0.15) is 0 Å². The lowest BCUT2D eigenvalue weighted by Gasteiger charge is -2.14. The maximum atomic E-state index is 11.9. The molecule has 0 heterocycles. The van der Waals surface area contributed by atoms with Crippen LogP contribution in [0, 0.1) is 0 Å². The molecule has 21 heavy (non-hydrogen) atoms. The van der Waals surface area contributed by atoms with E-state index >= 15 is 0 Å². The fraction of sp³-hybridized carbons (Fsp3) is 0.278. The number of carbonyl (C=O) groups excluding carboxylic acids is 1. The summed E-state index contributed by atoms with van der Waals surface area (Å²) in [6.45, 7) is 4.23. The number of hydrogen-bond donors (Lipinski definition) is 0. The topological polar surface area (TPSA) is 26.3 Å². The number of rotatable bonds is 5. The first-order valence-electron chi connectivity index (χ1n) is 7.18. The minimum atomic E-state index is -0.196. The predicted molar refractivity (Wildman–Crippen MR) is 86.6 cm³/mol. The first kappa shape index (κ1) is 15.6. The lowest BCUT2D eigenvalue weighted by molar-refractivity contribution is -0.145. The molecule has 3 heteroatoms. The number of carbonyl (C=O) groups is 1. The van der Waals surface area contributed by atoms with Gasteiger partial charge < -0.3 is 4.74 Å². The van der Waals surface area contributed by atoms with Crippen LogP contribution in [-0.2, 0) is 9.53 Å². The van der Waals surface area contributed by atoms with Crippen molar-refractivity contribution in [3.8, 4) is 11.1 Å². The molecule has 0 radical (unpaired) electrons. The van der Waals surface area contributed by atoms with E-state index in [1.807, 2.05) is 62.4 Å². The van der Waals surface area contributed by atoms with Gasteiger partial charge in [0.15, 0.2) is 0 Å². The van der Waals surface area contributed by atoms with Gasteiger partial charge in [0.25, 0.3) is 0 Å². The fourth-order valence-electron chi connectivity index (χ4n) is 2.36. The largest absolute Gasteiger partial charge is 0.466 e. The van der Waals surface area contributed by atoms with E-state index in [-0.39, 0.29) is 11.9 Å². The molecule has 1 atom stereocenters. The van der Waals surface area contributed by atoms with E-state index in [0.717, 1.165) is 28.1 Å². The number of ether oxygens (including phenoxy) is 1. The molecule has 0 spiro atoms. The summed E-state index contributed by atoms with van der Waals surface area (Å²) in [5.41, 5.74) is 3.14. The van der Waals surface area contributed by atoms with Crippen molar-refractivity contribution in [1.29, 1.82) is 0 Å². The van der Waals surface area contributed by atoms with Gasteiger partial charge in [0, 0.05) is 5.02 Å². The zero-order valence-electron chi connectivity index (χ0n) is 12.3. The van der Waals surface area contributed by atoms with Gasteiger partial charge in [-0.25, -0.2) is 0 Å². The Bertz CT molecular complexity index is 605.